The van der Waals surface area contributed by atoms with Crippen LogP contribution in [0.15, 0.2) is 28.8 Å². The Kier molecular flexibility index (Phi) is 5.83. The fourth-order valence-electron chi connectivity index (χ4n) is 3.77. The lowest BCUT2D eigenvalue weighted by Crippen LogP contribution is -2.39. The highest BCUT2D eigenvalue weighted by Gasteiger charge is 2.30. The molecule has 7 heteroatoms. The third kappa shape index (κ3) is 4.78. The molecule has 0 N–H and O–H groups in total. The highest BCUT2D eigenvalue weighted by Crippen LogP contribution is 2.38. The molecule has 2 heterocycles. The van der Waals surface area contributed by atoms with Crippen LogP contribution in [0.2, 0.25) is 0 Å². The van der Waals surface area contributed by atoms with Gasteiger partial charge in [-0.15, -0.1) is 0 Å². The van der Waals surface area contributed by atoms with Crippen LogP contribution in [-0.2, 0) is 11.2 Å². The van der Waals surface area contributed by atoms with E-state index in [1.165, 1.54) is 0 Å². The second-order valence-corrected chi connectivity index (χ2v) is 7.76. The Bertz CT molecular complexity index is 888. The summed E-state index contributed by atoms with van der Waals surface area (Å²) in [6.07, 6.45) is 8.57. The molecule has 1 aromatic carbocycles. The van der Waals surface area contributed by atoms with Crippen LogP contribution in [0.25, 0.3) is 6.08 Å². The summed E-state index contributed by atoms with van der Waals surface area (Å²) >= 11 is 0. The monoisotopic (exact) mass is 397 g/mol. The second kappa shape index (κ2) is 8.68. The standard InChI is InChI=1S/C22H27N3O4/c1-27-18-9-5-15(12-19(18)28-2)6-10-21(26)25-11-3-4-16(14-25)13-20-23-22(24-29-20)17-7-8-17/h5-6,9-10,12,16-17H,3-4,7-8,11,13-14H2,1-2H3/b10-6+. The molecule has 29 heavy (non-hydrogen) atoms. The molecule has 1 aliphatic carbocycles. The first-order chi connectivity index (χ1) is 14.2. The summed E-state index contributed by atoms with van der Waals surface area (Å²) in [4.78, 5) is 19.1. The zero-order valence-corrected chi connectivity index (χ0v) is 17.0. The molecule has 0 spiro atoms. The molecule has 1 unspecified atom stereocenters. The number of hydrogen-bond donors (Lipinski definition) is 0. The average Bonchev–Trinajstić information content (AvgIpc) is 3.51. The molecule has 1 aliphatic heterocycles. The number of likely N-dealkylation sites (tertiary alicyclic amines) is 1. The first-order valence-electron chi connectivity index (χ1n) is 10.2. The Morgan fingerprint density at radius 1 is 1.24 bits per heavy atom. The lowest BCUT2D eigenvalue weighted by Gasteiger charge is -2.31. The number of nitrogens with zero attached hydrogens (tertiary/aromatic N) is 3. The van der Waals surface area contributed by atoms with Crippen LogP contribution in [0.4, 0.5) is 0 Å². The summed E-state index contributed by atoms with van der Waals surface area (Å²) in [7, 11) is 3.20. The molecule has 2 fully saturated rings. The molecule has 1 saturated carbocycles. The molecular formula is C22H27N3O4. The first-order valence-corrected chi connectivity index (χ1v) is 10.2. The van der Waals surface area contributed by atoms with E-state index in [0.717, 1.165) is 56.6 Å². The number of amides is 1. The van der Waals surface area contributed by atoms with Crippen LogP contribution in [0.5, 0.6) is 11.5 Å². The highest BCUT2D eigenvalue weighted by atomic mass is 16.5. The van der Waals surface area contributed by atoms with Gasteiger partial charge in [0.1, 0.15) is 0 Å². The number of methoxy groups -OCH3 is 2. The number of rotatable bonds is 7. The minimum absolute atomic E-state index is 0.0219. The molecule has 1 atom stereocenters. The van der Waals surface area contributed by atoms with E-state index in [1.54, 1.807) is 20.3 Å². The number of piperidine rings is 1. The molecule has 154 valence electrons. The van der Waals surface area contributed by atoms with Crippen LogP contribution in [0.1, 0.15) is 48.9 Å². The van der Waals surface area contributed by atoms with Crippen molar-refractivity contribution in [3.8, 4) is 11.5 Å². The SMILES string of the molecule is COc1ccc(/C=C/C(=O)N2CCCC(Cc3nc(C4CC4)no3)C2)cc1OC. The minimum atomic E-state index is 0.0219. The molecule has 7 nitrogen and oxygen atoms in total. The van der Waals surface area contributed by atoms with Crippen molar-refractivity contribution in [1.29, 1.82) is 0 Å². The average molecular weight is 397 g/mol. The number of ether oxygens (including phenoxy) is 2. The van der Waals surface area contributed by atoms with E-state index >= 15 is 0 Å². The minimum Gasteiger partial charge on any atom is -0.493 e. The third-order valence-electron chi connectivity index (χ3n) is 5.55. The van der Waals surface area contributed by atoms with Gasteiger partial charge in [-0.1, -0.05) is 11.2 Å². The molecule has 4 rings (SSSR count). The molecular weight excluding hydrogens is 370 g/mol. The zero-order chi connectivity index (χ0) is 20.2. The Labute approximate surface area is 170 Å². The predicted molar refractivity (Wildman–Crippen MR) is 108 cm³/mol. The predicted octanol–water partition coefficient (Wildman–Crippen LogP) is 3.46. The first kappa shape index (κ1) is 19.5. The van der Waals surface area contributed by atoms with Gasteiger partial charge in [0.05, 0.1) is 14.2 Å². The Balaban J connectivity index is 1.34. The molecule has 2 aliphatic rings. The summed E-state index contributed by atoms with van der Waals surface area (Å²) < 4.78 is 16.0. The van der Waals surface area contributed by atoms with Gasteiger partial charge in [0.25, 0.3) is 0 Å². The molecule has 0 bridgehead atoms. The molecule has 1 amide bonds. The fraction of sp³-hybridized carbons (Fsp3) is 0.500. The number of aromatic nitrogens is 2. The lowest BCUT2D eigenvalue weighted by atomic mass is 9.94. The third-order valence-corrected chi connectivity index (χ3v) is 5.55. The van der Waals surface area contributed by atoms with Gasteiger partial charge in [0.15, 0.2) is 17.3 Å². The van der Waals surface area contributed by atoms with E-state index in [0.29, 0.717) is 29.2 Å². The van der Waals surface area contributed by atoms with Crippen LogP contribution in [0.3, 0.4) is 0 Å². The van der Waals surface area contributed by atoms with Crippen molar-refractivity contribution in [2.45, 2.75) is 38.0 Å². The smallest absolute Gasteiger partial charge is 0.246 e. The van der Waals surface area contributed by atoms with Crippen LogP contribution in [0, 0.1) is 5.92 Å². The van der Waals surface area contributed by atoms with E-state index < -0.39 is 0 Å². The van der Waals surface area contributed by atoms with Crippen LogP contribution in [-0.4, -0.2) is 48.3 Å². The molecule has 0 radical (unpaired) electrons. The summed E-state index contributed by atoms with van der Waals surface area (Å²) in [5, 5.41) is 4.09. The van der Waals surface area contributed by atoms with Gasteiger partial charge < -0.3 is 18.9 Å². The van der Waals surface area contributed by atoms with Gasteiger partial charge in [-0.2, -0.15) is 4.98 Å². The Morgan fingerprint density at radius 2 is 2.07 bits per heavy atom. The normalized spacial score (nSPS) is 19.5. The maximum atomic E-state index is 12.7. The summed E-state index contributed by atoms with van der Waals surface area (Å²) in [6.45, 7) is 1.50. The fourth-order valence-corrected chi connectivity index (χ4v) is 3.77. The van der Waals surface area contributed by atoms with Crippen molar-refractivity contribution in [2.24, 2.45) is 5.92 Å². The molecule has 2 aromatic rings. The zero-order valence-electron chi connectivity index (χ0n) is 17.0. The Morgan fingerprint density at radius 3 is 2.83 bits per heavy atom. The molecule has 1 saturated heterocycles. The summed E-state index contributed by atoms with van der Waals surface area (Å²) in [5.41, 5.74) is 0.892. The van der Waals surface area contributed by atoms with Gasteiger partial charge in [0, 0.05) is 31.5 Å². The van der Waals surface area contributed by atoms with E-state index in [1.807, 2.05) is 29.2 Å². The topological polar surface area (TPSA) is 77.7 Å². The quantitative estimate of drug-likeness (QED) is 0.666. The lowest BCUT2D eigenvalue weighted by molar-refractivity contribution is -0.127. The van der Waals surface area contributed by atoms with Crippen LogP contribution < -0.4 is 9.47 Å². The van der Waals surface area contributed by atoms with E-state index in [9.17, 15) is 4.79 Å². The van der Waals surface area contributed by atoms with Gasteiger partial charge in [0.2, 0.25) is 11.8 Å². The van der Waals surface area contributed by atoms with Gasteiger partial charge in [-0.05, 0) is 55.4 Å². The van der Waals surface area contributed by atoms with E-state index in [-0.39, 0.29) is 5.91 Å². The summed E-state index contributed by atoms with van der Waals surface area (Å²) in [6, 6.07) is 5.59. The van der Waals surface area contributed by atoms with Crippen molar-refractivity contribution in [3.63, 3.8) is 0 Å². The van der Waals surface area contributed by atoms with Crippen molar-refractivity contribution < 1.29 is 18.8 Å². The number of benzene rings is 1. The Hall–Kier alpha value is -2.83. The van der Waals surface area contributed by atoms with Crippen LogP contribution >= 0.6 is 0 Å². The maximum absolute atomic E-state index is 12.7. The number of hydrogen-bond acceptors (Lipinski definition) is 6. The highest BCUT2D eigenvalue weighted by molar-refractivity contribution is 5.92. The van der Waals surface area contributed by atoms with Crippen molar-refractivity contribution in [2.75, 3.05) is 27.3 Å². The summed E-state index contributed by atoms with van der Waals surface area (Å²) in [5.74, 6) is 3.74. The van der Waals surface area contributed by atoms with Crippen molar-refractivity contribution in [3.05, 3.63) is 41.6 Å². The van der Waals surface area contributed by atoms with E-state index in [4.69, 9.17) is 14.0 Å². The van der Waals surface area contributed by atoms with Crippen molar-refractivity contribution in [1.82, 2.24) is 15.0 Å². The molecule has 1 aromatic heterocycles. The number of carbonyl (C=O) groups is 1. The largest absolute Gasteiger partial charge is 0.493 e. The maximum Gasteiger partial charge on any atom is 0.246 e. The second-order valence-electron chi connectivity index (χ2n) is 7.76. The van der Waals surface area contributed by atoms with Gasteiger partial charge in [-0.25, -0.2) is 0 Å². The number of carbonyl (C=O) groups excluding carboxylic acids is 1. The van der Waals surface area contributed by atoms with Crippen molar-refractivity contribution >= 4 is 12.0 Å². The van der Waals surface area contributed by atoms with Gasteiger partial charge >= 0.3 is 0 Å². The van der Waals surface area contributed by atoms with Gasteiger partial charge in [-0.3, -0.25) is 4.79 Å². The van der Waals surface area contributed by atoms with E-state index in [2.05, 4.69) is 10.1 Å².